The maximum atomic E-state index is 11.1. The van der Waals surface area contributed by atoms with Crippen molar-refractivity contribution in [3.63, 3.8) is 0 Å². The van der Waals surface area contributed by atoms with Crippen LogP contribution in [0.2, 0.25) is 5.15 Å². The van der Waals surface area contributed by atoms with Crippen molar-refractivity contribution in [2.45, 2.75) is 31.7 Å². The number of aliphatic hydroxyl groups is 1. The Morgan fingerprint density at radius 1 is 1.62 bits per heavy atom. The molecule has 1 aliphatic heterocycles. The molecule has 1 unspecified atom stereocenters. The summed E-state index contributed by atoms with van der Waals surface area (Å²) in [4.78, 5) is 15.2. The summed E-state index contributed by atoms with van der Waals surface area (Å²) in [5.74, 6) is -0.757. The van der Waals surface area contributed by atoms with E-state index in [2.05, 4.69) is 4.98 Å². The summed E-state index contributed by atoms with van der Waals surface area (Å²) in [6, 6.07) is 0. The zero-order valence-electron chi connectivity index (χ0n) is 8.69. The number of halogens is 1. The Hall–Kier alpha value is -1.07. The fraction of sp³-hybridized carbons (Fsp3) is 0.600. The second kappa shape index (κ2) is 4.43. The highest BCUT2D eigenvalue weighted by Gasteiger charge is 2.31. The van der Waals surface area contributed by atoms with E-state index in [9.17, 15) is 4.79 Å². The molecule has 88 valence electrons. The van der Waals surface area contributed by atoms with Crippen LogP contribution < -0.4 is 0 Å². The van der Waals surface area contributed by atoms with Crippen LogP contribution in [0.3, 0.4) is 0 Å². The second-order valence-corrected chi connectivity index (χ2v) is 4.22. The van der Waals surface area contributed by atoms with Crippen molar-refractivity contribution in [3.05, 3.63) is 16.7 Å². The van der Waals surface area contributed by atoms with Gasteiger partial charge in [0.25, 0.3) is 0 Å². The molecule has 2 N–H and O–H groups in total. The van der Waals surface area contributed by atoms with Crippen LogP contribution in [0.15, 0.2) is 0 Å². The summed E-state index contributed by atoms with van der Waals surface area (Å²) < 4.78 is 1.83. The molecule has 0 radical (unpaired) electrons. The average molecular weight is 245 g/mol. The minimum atomic E-state index is -0.863. The third kappa shape index (κ3) is 1.81. The molecule has 0 amide bonds. The van der Waals surface area contributed by atoms with Crippen LogP contribution in [0.4, 0.5) is 0 Å². The molecule has 1 aromatic heterocycles. The zero-order chi connectivity index (χ0) is 11.7. The minimum Gasteiger partial charge on any atom is -0.481 e. The van der Waals surface area contributed by atoms with Crippen molar-refractivity contribution in [3.8, 4) is 0 Å². The Labute approximate surface area is 97.7 Å². The highest BCUT2D eigenvalue weighted by atomic mass is 35.5. The van der Waals surface area contributed by atoms with E-state index in [-0.39, 0.29) is 11.8 Å². The lowest BCUT2D eigenvalue weighted by Crippen LogP contribution is -2.23. The number of aliphatic carboxylic acids is 1. The number of carboxylic acids is 1. The van der Waals surface area contributed by atoms with E-state index >= 15 is 0 Å². The first kappa shape index (κ1) is 11.4. The van der Waals surface area contributed by atoms with E-state index in [1.165, 1.54) is 0 Å². The van der Waals surface area contributed by atoms with Crippen LogP contribution in [-0.4, -0.2) is 32.3 Å². The largest absolute Gasteiger partial charge is 0.481 e. The van der Waals surface area contributed by atoms with Gasteiger partial charge in [-0.25, -0.2) is 4.98 Å². The van der Waals surface area contributed by atoms with Crippen LogP contribution in [0.1, 0.15) is 30.3 Å². The van der Waals surface area contributed by atoms with Gasteiger partial charge in [0.05, 0.1) is 12.3 Å². The van der Waals surface area contributed by atoms with Gasteiger partial charge in [0.2, 0.25) is 0 Å². The van der Waals surface area contributed by atoms with Gasteiger partial charge in [0.15, 0.2) is 5.15 Å². The summed E-state index contributed by atoms with van der Waals surface area (Å²) in [5.41, 5.74) is 0.587. The van der Waals surface area contributed by atoms with E-state index in [1.54, 1.807) is 0 Å². The van der Waals surface area contributed by atoms with Crippen molar-refractivity contribution in [1.29, 1.82) is 0 Å². The maximum Gasteiger partial charge on any atom is 0.312 e. The summed E-state index contributed by atoms with van der Waals surface area (Å²) in [6.45, 7) is 0.721. The minimum absolute atomic E-state index is 0.00940. The highest BCUT2D eigenvalue weighted by molar-refractivity contribution is 6.30. The van der Waals surface area contributed by atoms with Gasteiger partial charge in [-0.05, 0) is 12.8 Å². The van der Waals surface area contributed by atoms with Gasteiger partial charge in [0, 0.05) is 13.0 Å². The number of aromatic nitrogens is 2. The molecule has 16 heavy (non-hydrogen) atoms. The normalized spacial score (nSPS) is 19.5. The first-order valence-corrected chi connectivity index (χ1v) is 5.61. The van der Waals surface area contributed by atoms with Gasteiger partial charge >= 0.3 is 5.97 Å². The lowest BCUT2D eigenvalue weighted by molar-refractivity contribution is -0.139. The average Bonchev–Trinajstić information content (AvgIpc) is 2.57. The molecule has 2 heterocycles. The van der Waals surface area contributed by atoms with Crippen molar-refractivity contribution in [1.82, 2.24) is 9.55 Å². The zero-order valence-corrected chi connectivity index (χ0v) is 9.44. The van der Waals surface area contributed by atoms with E-state index in [4.69, 9.17) is 21.8 Å². The van der Waals surface area contributed by atoms with E-state index in [1.807, 2.05) is 4.57 Å². The Morgan fingerprint density at radius 2 is 2.38 bits per heavy atom. The quantitative estimate of drug-likeness (QED) is 0.833. The summed E-state index contributed by atoms with van der Waals surface area (Å²) in [7, 11) is 0. The van der Waals surface area contributed by atoms with Crippen LogP contribution in [0.25, 0.3) is 0 Å². The highest BCUT2D eigenvalue weighted by Crippen LogP contribution is 2.33. The Kier molecular flexibility index (Phi) is 3.16. The summed E-state index contributed by atoms with van der Waals surface area (Å²) in [5, 5.41) is 18.3. The van der Waals surface area contributed by atoms with Gasteiger partial charge in [-0.3, -0.25) is 4.79 Å². The molecule has 6 heteroatoms. The number of hydrogen-bond donors (Lipinski definition) is 2. The van der Waals surface area contributed by atoms with Gasteiger partial charge in [-0.1, -0.05) is 11.6 Å². The van der Waals surface area contributed by atoms with Crippen LogP contribution in [-0.2, 0) is 17.8 Å². The van der Waals surface area contributed by atoms with Gasteiger partial charge in [-0.2, -0.15) is 0 Å². The number of carbonyl (C=O) groups is 1. The van der Waals surface area contributed by atoms with Crippen LogP contribution in [0, 0.1) is 0 Å². The maximum absolute atomic E-state index is 11.1. The van der Waals surface area contributed by atoms with Crippen molar-refractivity contribution >= 4 is 17.6 Å². The molecule has 0 fully saturated rings. The monoisotopic (exact) mass is 244 g/mol. The number of rotatable bonds is 3. The van der Waals surface area contributed by atoms with Crippen molar-refractivity contribution in [2.24, 2.45) is 0 Å². The van der Waals surface area contributed by atoms with Gasteiger partial charge in [-0.15, -0.1) is 0 Å². The molecule has 1 aliphatic rings. The third-order valence-electron chi connectivity index (χ3n) is 2.88. The first-order valence-electron chi connectivity index (χ1n) is 5.23. The number of aliphatic hydroxyl groups excluding tert-OH is 1. The fourth-order valence-electron chi connectivity index (χ4n) is 2.18. The van der Waals surface area contributed by atoms with Crippen molar-refractivity contribution < 1.29 is 15.0 Å². The number of hydrogen-bond acceptors (Lipinski definition) is 3. The lowest BCUT2D eigenvalue weighted by atomic mass is 9.96. The number of carboxylic acid groups (broad SMARTS) is 1. The molecule has 0 aromatic carbocycles. The molecule has 0 saturated carbocycles. The summed E-state index contributed by atoms with van der Waals surface area (Å²) in [6.07, 6.45) is 1.81. The fourth-order valence-corrected chi connectivity index (χ4v) is 2.52. The predicted molar refractivity (Wildman–Crippen MR) is 57.6 cm³/mol. The van der Waals surface area contributed by atoms with E-state index in [0.717, 1.165) is 13.0 Å². The molecule has 2 rings (SSSR count). The molecule has 0 spiro atoms. The SMILES string of the molecule is O=C(O)C1CCCn2c(CCO)nc(Cl)c21. The Bertz CT molecular complexity index is 416. The number of nitrogens with zero attached hydrogens (tertiary/aromatic N) is 2. The Morgan fingerprint density at radius 3 is 3.00 bits per heavy atom. The van der Waals surface area contributed by atoms with Gasteiger partial charge in [0.1, 0.15) is 11.7 Å². The second-order valence-electron chi connectivity index (χ2n) is 3.86. The van der Waals surface area contributed by atoms with Crippen LogP contribution in [0.5, 0.6) is 0 Å². The van der Waals surface area contributed by atoms with Gasteiger partial charge < -0.3 is 14.8 Å². The molecule has 1 atom stereocenters. The molecule has 1 aromatic rings. The third-order valence-corrected chi connectivity index (χ3v) is 3.16. The molecular weight excluding hydrogens is 232 g/mol. The predicted octanol–water partition coefficient (Wildman–Crippen LogP) is 1.03. The van der Waals surface area contributed by atoms with Crippen molar-refractivity contribution in [2.75, 3.05) is 6.61 Å². The summed E-state index contributed by atoms with van der Waals surface area (Å²) >= 11 is 5.96. The molecule has 0 saturated heterocycles. The standard InChI is InChI=1S/C10H13ClN2O3/c11-9-8-6(10(15)16)2-1-4-13(8)7(12-9)3-5-14/h6,14H,1-5H2,(H,15,16). The number of fused-ring (bicyclic) bond motifs is 1. The first-order chi connectivity index (χ1) is 7.65. The van der Waals surface area contributed by atoms with Crippen LogP contribution >= 0.6 is 11.6 Å². The molecule has 0 bridgehead atoms. The molecule has 0 aliphatic carbocycles. The van der Waals surface area contributed by atoms with E-state index < -0.39 is 11.9 Å². The molecular formula is C10H13ClN2O3. The number of imidazole rings is 1. The lowest BCUT2D eigenvalue weighted by Gasteiger charge is -2.22. The topological polar surface area (TPSA) is 75.3 Å². The Balaban J connectivity index is 2.44. The van der Waals surface area contributed by atoms with E-state index in [0.29, 0.717) is 24.4 Å². The smallest absolute Gasteiger partial charge is 0.312 e. The molecule has 5 nitrogen and oxygen atoms in total.